The number of fused-ring (bicyclic) bond motifs is 1. The highest BCUT2D eigenvalue weighted by atomic mass is 16.6. The lowest BCUT2D eigenvalue weighted by Crippen LogP contribution is -2.30. The third-order valence-electron chi connectivity index (χ3n) is 5.49. The largest absolute Gasteiger partial charge is 0.478 e. The number of hydrogen-bond acceptors (Lipinski definition) is 4. The number of carboxylic acid groups (broad SMARTS) is 1. The molecule has 1 heterocycles. The van der Waals surface area contributed by atoms with E-state index in [0.29, 0.717) is 25.0 Å². The minimum Gasteiger partial charge on any atom is -0.478 e. The van der Waals surface area contributed by atoms with E-state index in [1.54, 1.807) is 0 Å². The number of carbonyl (C=O) groups excluding carboxylic acids is 1. The summed E-state index contributed by atoms with van der Waals surface area (Å²) in [6.07, 6.45) is 10.5. The molecule has 2 aliphatic rings. The number of hydrogen-bond donors (Lipinski definition) is 1. The fraction of sp³-hybridized carbons (Fsp3) is 0.636. The highest BCUT2D eigenvalue weighted by molar-refractivity contribution is 5.86. The maximum Gasteiger partial charge on any atom is 0.331 e. The van der Waals surface area contributed by atoms with E-state index in [-0.39, 0.29) is 23.9 Å². The molecule has 0 radical (unpaired) electrons. The molecule has 1 fully saturated rings. The molecule has 5 heteroatoms. The van der Waals surface area contributed by atoms with E-state index >= 15 is 0 Å². The summed E-state index contributed by atoms with van der Waals surface area (Å²) in [6, 6.07) is 0. The Hall–Kier alpha value is -1.88. The smallest absolute Gasteiger partial charge is 0.331 e. The molecule has 2 rings (SSSR count). The lowest BCUT2D eigenvalue weighted by molar-refractivity contribution is -0.143. The summed E-state index contributed by atoms with van der Waals surface area (Å²) in [6.45, 7) is 4.83. The Morgan fingerprint density at radius 2 is 1.85 bits per heavy atom. The van der Waals surface area contributed by atoms with Crippen molar-refractivity contribution in [3.63, 3.8) is 0 Å². The quantitative estimate of drug-likeness (QED) is 0.597. The molecule has 0 spiro atoms. The molecule has 1 saturated heterocycles. The van der Waals surface area contributed by atoms with Crippen molar-refractivity contribution < 1.29 is 19.4 Å². The summed E-state index contributed by atoms with van der Waals surface area (Å²) in [4.78, 5) is 25.9. The fourth-order valence-corrected chi connectivity index (χ4v) is 3.94. The summed E-state index contributed by atoms with van der Waals surface area (Å²) < 4.78 is 5.73. The number of rotatable bonds is 3. The molecule has 0 aromatic heterocycles. The Morgan fingerprint density at radius 3 is 2.52 bits per heavy atom. The number of aliphatic carboxylic acids is 1. The van der Waals surface area contributed by atoms with Crippen molar-refractivity contribution in [1.82, 2.24) is 4.90 Å². The zero-order chi connectivity index (χ0) is 20.0. The lowest BCUT2D eigenvalue weighted by atomic mass is 9.84. The van der Waals surface area contributed by atoms with E-state index in [9.17, 15) is 14.7 Å². The fourth-order valence-electron chi connectivity index (χ4n) is 3.94. The van der Waals surface area contributed by atoms with E-state index in [1.807, 2.05) is 27.1 Å². The summed E-state index contributed by atoms with van der Waals surface area (Å²) in [5, 5.41) is 9.36. The van der Waals surface area contributed by atoms with Crippen molar-refractivity contribution >= 4 is 11.9 Å². The number of carbonyl (C=O) groups is 2. The predicted octanol–water partition coefficient (Wildman–Crippen LogP) is 3.96. The van der Waals surface area contributed by atoms with Crippen molar-refractivity contribution in [1.29, 1.82) is 0 Å². The molecule has 0 saturated carbocycles. The first-order chi connectivity index (χ1) is 12.8. The summed E-state index contributed by atoms with van der Waals surface area (Å²) in [5.74, 6) is -0.826. The molecule has 27 heavy (non-hydrogen) atoms. The summed E-state index contributed by atoms with van der Waals surface area (Å²) in [5.41, 5.74) is 2.88. The summed E-state index contributed by atoms with van der Waals surface area (Å²) >= 11 is 0. The van der Waals surface area contributed by atoms with Gasteiger partial charge in [-0.25, -0.2) is 4.79 Å². The Morgan fingerprint density at radius 1 is 1.15 bits per heavy atom. The van der Waals surface area contributed by atoms with E-state index in [2.05, 4.69) is 24.0 Å². The molecule has 0 bridgehead atoms. The molecule has 1 aliphatic carbocycles. The number of esters is 1. The van der Waals surface area contributed by atoms with Crippen LogP contribution in [0.25, 0.3) is 0 Å². The topological polar surface area (TPSA) is 66.8 Å². The Bertz CT molecular complexity index is 645. The second kappa shape index (κ2) is 9.88. The highest BCUT2D eigenvalue weighted by Gasteiger charge is 2.43. The van der Waals surface area contributed by atoms with Gasteiger partial charge in [-0.2, -0.15) is 0 Å². The van der Waals surface area contributed by atoms with Crippen LogP contribution in [-0.4, -0.2) is 48.7 Å². The second-order valence-corrected chi connectivity index (χ2v) is 8.15. The molecular formula is C22H33NO4. The molecule has 0 amide bonds. The van der Waals surface area contributed by atoms with Gasteiger partial charge in [0.1, 0.15) is 6.10 Å². The molecule has 3 atom stereocenters. The zero-order valence-electron chi connectivity index (χ0n) is 17.0. The van der Waals surface area contributed by atoms with Crippen LogP contribution < -0.4 is 0 Å². The Labute approximate surface area is 162 Å². The number of ether oxygens (including phenoxy) is 1. The minimum absolute atomic E-state index is 0.0896. The van der Waals surface area contributed by atoms with E-state index in [0.717, 1.165) is 31.3 Å². The van der Waals surface area contributed by atoms with Crippen molar-refractivity contribution in [2.45, 2.75) is 58.5 Å². The molecule has 0 unspecified atom stereocenters. The van der Waals surface area contributed by atoms with Gasteiger partial charge >= 0.3 is 11.9 Å². The van der Waals surface area contributed by atoms with Crippen molar-refractivity contribution in [2.75, 3.05) is 20.6 Å². The van der Waals surface area contributed by atoms with Gasteiger partial charge in [-0.15, -0.1) is 0 Å². The van der Waals surface area contributed by atoms with Crippen LogP contribution in [0, 0.1) is 11.8 Å². The van der Waals surface area contributed by atoms with Crippen LogP contribution in [0.3, 0.4) is 0 Å². The summed E-state index contributed by atoms with van der Waals surface area (Å²) in [7, 11) is 3.98. The SMILES string of the molecule is CC1=C[C@@H]2OC(=O)[C@@H](CN(C)C)[C@@H]2CCC(C)=CCCC(C(=O)O)=CCC1. The van der Waals surface area contributed by atoms with Crippen LogP contribution in [0.1, 0.15) is 52.4 Å². The zero-order valence-corrected chi connectivity index (χ0v) is 17.0. The average molecular weight is 376 g/mol. The maximum atomic E-state index is 12.5. The second-order valence-electron chi connectivity index (χ2n) is 8.15. The number of carboxylic acids is 1. The van der Waals surface area contributed by atoms with Gasteiger partial charge in [-0.3, -0.25) is 4.79 Å². The van der Waals surface area contributed by atoms with Gasteiger partial charge in [0.2, 0.25) is 0 Å². The highest BCUT2D eigenvalue weighted by Crippen LogP contribution is 2.35. The first-order valence-electron chi connectivity index (χ1n) is 9.88. The van der Waals surface area contributed by atoms with Crippen LogP contribution in [0.4, 0.5) is 0 Å². The third kappa shape index (κ3) is 6.35. The van der Waals surface area contributed by atoms with Gasteiger partial charge in [0, 0.05) is 18.0 Å². The average Bonchev–Trinajstić information content (AvgIpc) is 2.85. The predicted molar refractivity (Wildman–Crippen MR) is 106 cm³/mol. The first-order valence-corrected chi connectivity index (χ1v) is 9.88. The van der Waals surface area contributed by atoms with E-state index in [4.69, 9.17) is 4.74 Å². The van der Waals surface area contributed by atoms with Gasteiger partial charge < -0.3 is 14.7 Å². The van der Waals surface area contributed by atoms with Crippen LogP contribution in [0.5, 0.6) is 0 Å². The normalized spacial score (nSPS) is 27.8. The van der Waals surface area contributed by atoms with E-state index < -0.39 is 5.97 Å². The third-order valence-corrected chi connectivity index (χ3v) is 5.49. The van der Waals surface area contributed by atoms with Gasteiger partial charge in [-0.05, 0) is 72.5 Å². The number of nitrogens with zero attached hydrogens (tertiary/aromatic N) is 1. The van der Waals surface area contributed by atoms with E-state index in [1.165, 1.54) is 5.57 Å². The van der Waals surface area contributed by atoms with Gasteiger partial charge in [0.15, 0.2) is 0 Å². The molecule has 5 nitrogen and oxygen atoms in total. The Balaban J connectivity index is 2.25. The first kappa shape index (κ1) is 21.4. The molecular weight excluding hydrogens is 342 g/mol. The lowest BCUT2D eigenvalue weighted by Gasteiger charge is -2.22. The van der Waals surface area contributed by atoms with Crippen LogP contribution in [0.2, 0.25) is 0 Å². The molecule has 0 aromatic rings. The maximum absolute atomic E-state index is 12.5. The van der Waals surface area contributed by atoms with Crippen LogP contribution >= 0.6 is 0 Å². The molecule has 0 aromatic carbocycles. The van der Waals surface area contributed by atoms with Crippen molar-refractivity contribution in [2.24, 2.45) is 11.8 Å². The van der Waals surface area contributed by atoms with Crippen molar-refractivity contribution in [3.05, 3.63) is 34.9 Å². The minimum atomic E-state index is -0.828. The number of allylic oxidation sites excluding steroid dienone is 4. The van der Waals surface area contributed by atoms with Gasteiger partial charge in [0.05, 0.1) is 5.92 Å². The molecule has 150 valence electrons. The van der Waals surface area contributed by atoms with Gasteiger partial charge in [-0.1, -0.05) is 23.3 Å². The van der Waals surface area contributed by atoms with Crippen LogP contribution in [0.15, 0.2) is 34.9 Å². The van der Waals surface area contributed by atoms with Crippen LogP contribution in [-0.2, 0) is 14.3 Å². The Kier molecular flexibility index (Phi) is 7.84. The monoisotopic (exact) mass is 375 g/mol. The van der Waals surface area contributed by atoms with Crippen molar-refractivity contribution in [3.8, 4) is 0 Å². The molecule has 1 aliphatic heterocycles. The van der Waals surface area contributed by atoms with Gasteiger partial charge in [0.25, 0.3) is 0 Å². The molecule has 1 N–H and O–H groups in total. The standard InChI is InChI=1S/C22H33NO4/c1-15-7-5-9-17(21(24)25)10-6-8-16(2)13-20-18(12-11-15)19(14-23(3)4)22(26)27-20/h7,10,13,18-20H,5-6,8-9,11-12,14H2,1-4H3,(H,24,25)/t18-,19-,20-/m0/s1.